The molecule has 0 spiro atoms. The van der Waals surface area contributed by atoms with Gasteiger partial charge in [0.25, 0.3) is 0 Å². The fourth-order valence-corrected chi connectivity index (χ4v) is 3.62. The van der Waals surface area contributed by atoms with E-state index in [9.17, 15) is 9.59 Å². The summed E-state index contributed by atoms with van der Waals surface area (Å²) in [4.78, 5) is 27.5. The Morgan fingerprint density at radius 3 is 2.55 bits per heavy atom. The highest BCUT2D eigenvalue weighted by Gasteiger charge is 2.29. The second kappa shape index (κ2) is 9.15. The summed E-state index contributed by atoms with van der Waals surface area (Å²) in [6, 6.07) is 11.5. The number of likely N-dealkylation sites (tertiary alicyclic amines) is 1. The lowest BCUT2D eigenvalue weighted by molar-refractivity contribution is -0.121. The van der Waals surface area contributed by atoms with E-state index in [1.54, 1.807) is 16.2 Å². The summed E-state index contributed by atoms with van der Waals surface area (Å²) in [5.41, 5.74) is 1.08. The Kier molecular flexibility index (Phi) is 6.60. The molecule has 0 atom stereocenters. The Hall–Kier alpha value is -2.78. The number of hydrogen-bond donors (Lipinski definition) is 1. The van der Waals surface area contributed by atoms with E-state index in [4.69, 9.17) is 4.74 Å². The van der Waals surface area contributed by atoms with Crippen LogP contribution in [0.3, 0.4) is 0 Å². The normalized spacial score (nSPS) is 14.7. The van der Waals surface area contributed by atoms with Crippen molar-refractivity contribution in [2.75, 3.05) is 18.4 Å². The van der Waals surface area contributed by atoms with Crippen LogP contribution in [0.4, 0.5) is 10.5 Å². The topological polar surface area (TPSA) is 58.6 Å². The van der Waals surface area contributed by atoms with Gasteiger partial charge in [0.1, 0.15) is 5.60 Å². The van der Waals surface area contributed by atoms with Crippen LogP contribution in [-0.4, -0.2) is 35.6 Å². The molecule has 0 saturated carbocycles. The number of nitrogens with one attached hydrogen (secondary N) is 1. The summed E-state index contributed by atoms with van der Waals surface area (Å²) in [5, 5.41) is 4.98. The molecule has 1 N–H and O–H groups in total. The largest absolute Gasteiger partial charge is 0.444 e. The van der Waals surface area contributed by atoms with Crippen molar-refractivity contribution in [3.05, 3.63) is 52.2 Å². The minimum atomic E-state index is -0.511. The molecular weight excluding hydrogens is 384 g/mol. The Balaban J connectivity index is 1.53. The van der Waals surface area contributed by atoms with Crippen molar-refractivity contribution >= 4 is 29.0 Å². The molecule has 1 aromatic heterocycles. The second-order valence-corrected chi connectivity index (χ2v) is 8.99. The summed E-state index contributed by atoms with van der Waals surface area (Å²) in [6.45, 7) is 6.61. The predicted octanol–water partition coefficient (Wildman–Crippen LogP) is 4.73. The number of carbonyl (C=O) groups is 2. The number of anilines is 1. The predicted molar refractivity (Wildman–Crippen MR) is 116 cm³/mol. The summed E-state index contributed by atoms with van der Waals surface area (Å²) in [5.74, 6) is 6.12. The summed E-state index contributed by atoms with van der Waals surface area (Å²) in [6.07, 6.45) is 0.944. The lowest BCUT2D eigenvalue weighted by Crippen LogP contribution is -2.43. The van der Waals surface area contributed by atoms with Gasteiger partial charge in [0.2, 0.25) is 5.91 Å². The lowest BCUT2D eigenvalue weighted by atomic mass is 9.96. The molecule has 6 heteroatoms. The minimum Gasteiger partial charge on any atom is -0.444 e. The molecule has 29 heavy (non-hydrogen) atoms. The van der Waals surface area contributed by atoms with Gasteiger partial charge in [-0.1, -0.05) is 24.0 Å². The number of benzene rings is 1. The number of amides is 2. The number of ether oxygens (including phenoxy) is 1. The van der Waals surface area contributed by atoms with E-state index in [1.807, 2.05) is 62.5 Å². The number of rotatable bonds is 2. The highest BCUT2D eigenvalue weighted by Crippen LogP contribution is 2.22. The van der Waals surface area contributed by atoms with Crippen molar-refractivity contribution in [1.82, 2.24) is 4.90 Å². The third kappa shape index (κ3) is 6.37. The number of hydrogen-bond acceptors (Lipinski definition) is 4. The van der Waals surface area contributed by atoms with Crippen molar-refractivity contribution in [2.45, 2.75) is 39.2 Å². The summed E-state index contributed by atoms with van der Waals surface area (Å²) >= 11 is 1.60. The molecule has 3 rings (SSSR count). The fraction of sp³-hybridized carbons (Fsp3) is 0.391. The van der Waals surface area contributed by atoms with Gasteiger partial charge < -0.3 is 15.0 Å². The Bertz CT molecular complexity index is 912. The molecule has 1 aliphatic rings. The van der Waals surface area contributed by atoms with Crippen LogP contribution >= 0.6 is 11.3 Å². The first-order valence-corrected chi connectivity index (χ1v) is 10.6. The van der Waals surface area contributed by atoms with Gasteiger partial charge in [0.15, 0.2) is 0 Å². The molecule has 2 amide bonds. The quantitative estimate of drug-likeness (QED) is 0.728. The third-order valence-corrected chi connectivity index (χ3v) is 5.28. The maximum absolute atomic E-state index is 12.6. The van der Waals surface area contributed by atoms with Crippen LogP contribution in [0.25, 0.3) is 0 Å². The number of piperidine rings is 1. The van der Waals surface area contributed by atoms with Gasteiger partial charge in [-0.3, -0.25) is 4.79 Å². The zero-order chi connectivity index (χ0) is 20.9. The van der Waals surface area contributed by atoms with Gasteiger partial charge in [0.05, 0.1) is 4.88 Å². The number of nitrogens with zero attached hydrogens (tertiary/aromatic N) is 1. The first-order valence-electron chi connectivity index (χ1n) is 9.74. The molecule has 152 valence electrons. The smallest absolute Gasteiger partial charge is 0.410 e. The maximum Gasteiger partial charge on any atom is 0.410 e. The zero-order valence-corrected chi connectivity index (χ0v) is 17.8. The van der Waals surface area contributed by atoms with E-state index in [1.165, 1.54) is 0 Å². The van der Waals surface area contributed by atoms with E-state index in [2.05, 4.69) is 17.2 Å². The van der Waals surface area contributed by atoms with Crippen molar-refractivity contribution in [3.63, 3.8) is 0 Å². The van der Waals surface area contributed by atoms with Crippen LogP contribution in [0, 0.1) is 17.8 Å². The highest BCUT2D eigenvalue weighted by molar-refractivity contribution is 7.10. The Labute approximate surface area is 176 Å². The average molecular weight is 411 g/mol. The molecule has 1 aromatic carbocycles. The van der Waals surface area contributed by atoms with Crippen LogP contribution in [0.1, 0.15) is 44.1 Å². The van der Waals surface area contributed by atoms with Crippen molar-refractivity contribution in [1.29, 1.82) is 0 Å². The molecule has 2 aromatic rings. The van der Waals surface area contributed by atoms with Gasteiger partial charge >= 0.3 is 6.09 Å². The molecule has 2 heterocycles. The van der Waals surface area contributed by atoms with E-state index < -0.39 is 5.60 Å². The minimum absolute atomic E-state index is 0.0165. The molecule has 0 aliphatic carbocycles. The highest BCUT2D eigenvalue weighted by atomic mass is 32.1. The number of carbonyl (C=O) groups excluding carboxylic acids is 2. The SMILES string of the molecule is CC(C)(C)OC(=O)N1CCC(C(=O)Nc2cccc(C#Cc3cccs3)c2)CC1. The summed E-state index contributed by atoms with van der Waals surface area (Å²) in [7, 11) is 0. The fourth-order valence-electron chi connectivity index (χ4n) is 3.05. The van der Waals surface area contributed by atoms with Crippen LogP contribution in [-0.2, 0) is 9.53 Å². The molecular formula is C23H26N2O3S. The maximum atomic E-state index is 12.6. The molecule has 0 bridgehead atoms. The van der Waals surface area contributed by atoms with E-state index in [0.29, 0.717) is 25.9 Å². The van der Waals surface area contributed by atoms with Crippen LogP contribution < -0.4 is 5.32 Å². The van der Waals surface area contributed by atoms with Crippen molar-refractivity contribution in [3.8, 4) is 11.8 Å². The first kappa shape index (κ1) is 20.9. The van der Waals surface area contributed by atoms with Crippen LogP contribution in [0.2, 0.25) is 0 Å². The molecule has 1 aliphatic heterocycles. The molecule has 0 unspecified atom stereocenters. The van der Waals surface area contributed by atoms with Gasteiger partial charge in [-0.25, -0.2) is 4.79 Å². The Morgan fingerprint density at radius 1 is 1.14 bits per heavy atom. The summed E-state index contributed by atoms with van der Waals surface area (Å²) < 4.78 is 5.41. The number of thiophene rings is 1. The van der Waals surface area contributed by atoms with Crippen molar-refractivity contribution in [2.24, 2.45) is 5.92 Å². The molecule has 5 nitrogen and oxygen atoms in total. The third-order valence-electron chi connectivity index (χ3n) is 4.50. The van der Waals surface area contributed by atoms with Gasteiger partial charge in [-0.2, -0.15) is 0 Å². The standard InChI is InChI=1S/C23H26N2O3S/c1-23(2,3)28-22(27)25-13-11-18(12-14-25)21(26)24-19-7-4-6-17(16-19)9-10-20-8-5-15-29-20/h4-8,15-16,18H,11-14H2,1-3H3,(H,24,26). The Morgan fingerprint density at radius 2 is 1.90 bits per heavy atom. The van der Waals surface area contributed by atoms with Crippen LogP contribution in [0.15, 0.2) is 41.8 Å². The molecule has 1 saturated heterocycles. The average Bonchev–Trinajstić information content (AvgIpc) is 3.19. The van der Waals surface area contributed by atoms with Crippen LogP contribution in [0.5, 0.6) is 0 Å². The van der Waals surface area contributed by atoms with E-state index in [0.717, 1.165) is 16.1 Å². The molecule has 1 fully saturated rings. The second-order valence-electron chi connectivity index (χ2n) is 8.04. The first-order chi connectivity index (χ1) is 13.8. The van der Waals surface area contributed by atoms with Gasteiger partial charge in [-0.15, -0.1) is 11.3 Å². The van der Waals surface area contributed by atoms with Gasteiger partial charge in [0, 0.05) is 30.3 Å². The monoisotopic (exact) mass is 410 g/mol. The zero-order valence-electron chi connectivity index (χ0n) is 17.0. The lowest BCUT2D eigenvalue weighted by Gasteiger charge is -2.32. The van der Waals surface area contributed by atoms with E-state index in [-0.39, 0.29) is 17.9 Å². The van der Waals surface area contributed by atoms with Gasteiger partial charge in [-0.05, 0) is 63.3 Å². The van der Waals surface area contributed by atoms with E-state index >= 15 is 0 Å². The molecule has 0 radical (unpaired) electrons. The van der Waals surface area contributed by atoms with Crippen molar-refractivity contribution < 1.29 is 14.3 Å².